The predicted octanol–water partition coefficient (Wildman–Crippen LogP) is 3.13. The quantitative estimate of drug-likeness (QED) is 0.762. The fourth-order valence-corrected chi connectivity index (χ4v) is 3.33. The Kier molecular flexibility index (Phi) is 4.18. The van der Waals surface area contributed by atoms with Crippen molar-refractivity contribution in [3.05, 3.63) is 48.5 Å². The first-order valence-electron chi connectivity index (χ1n) is 7.83. The minimum absolute atomic E-state index is 0.0827. The molecule has 3 aromatic rings. The summed E-state index contributed by atoms with van der Waals surface area (Å²) in [5.74, 6) is -0.262. The van der Waals surface area contributed by atoms with E-state index in [1.807, 2.05) is 30.3 Å². The number of hydrogen-bond acceptors (Lipinski definition) is 6. The molecule has 130 valence electrons. The number of nitrogens with one attached hydrogen (secondary N) is 1. The van der Waals surface area contributed by atoms with Gasteiger partial charge in [0.2, 0.25) is 17.7 Å². The van der Waals surface area contributed by atoms with Gasteiger partial charge >= 0.3 is 0 Å². The smallest absolute Gasteiger partial charge is 0.289 e. The normalized spacial score (nSPS) is 14.2. The van der Waals surface area contributed by atoms with Gasteiger partial charge in [0.05, 0.1) is 5.75 Å². The van der Waals surface area contributed by atoms with Crippen LogP contribution in [-0.4, -0.2) is 39.2 Å². The highest BCUT2D eigenvalue weighted by molar-refractivity contribution is 8.14. The van der Waals surface area contributed by atoms with E-state index in [4.69, 9.17) is 4.42 Å². The minimum Gasteiger partial charge on any atom is -0.436 e. The summed E-state index contributed by atoms with van der Waals surface area (Å²) in [6, 6.07) is 14.5. The van der Waals surface area contributed by atoms with Crippen LogP contribution in [0, 0.1) is 0 Å². The van der Waals surface area contributed by atoms with E-state index in [0.717, 1.165) is 22.2 Å². The lowest BCUT2D eigenvalue weighted by Crippen LogP contribution is -2.36. The summed E-state index contributed by atoms with van der Waals surface area (Å²) in [5, 5.41) is 2.29. The zero-order chi connectivity index (χ0) is 18.1. The average Bonchev–Trinajstić information content (AvgIpc) is 3.20. The molecule has 0 saturated carbocycles. The van der Waals surface area contributed by atoms with Gasteiger partial charge in [-0.1, -0.05) is 30.0 Å². The van der Waals surface area contributed by atoms with Crippen molar-refractivity contribution in [1.82, 2.24) is 9.88 Å². The number of carbonyl (C=O) groups is 3. The molecule has 1 aromatic heterocycles. The van der Waals surface area contributed by atoms with Crippen molar-refractivity contribution < 1.29 is 18.8 Å². The molecule has 0 bridgehead atoms. The number of imide groups is 1. The Morgan fingerprint density at radius 3 is 2.81 bits per heavy atom. The van der Waals surface area contributed by atoms with Gasteiger partial charge in [-0.3, -0.25) is 19.3 Å². The third kappa shape index (κ3) is 3.18. The Bertz CT molecular complexity index is 981. The Morgan fingerprint density at radius 2 is 2.04 bits per heavy atom. The molecule has 8 heteroatoms. The highest BCUT2D eigenvalue weighted by atomic mass is 32.2. The maximum Gasteiger partial charge on any atom is 0.289 e. The van der Waals surface area contributed by atoms with Gasteiger partial charge in [-0.05, 0) is 30.3 Å². The number of anilines is 1. The van der Waals surface area contributed by atoms with Crippen molar-refractivity contribution in [2.45, 2.75) is 0 Å². The van der Waals surface area contributed by atoms with E-state index in [2.05, 4.69) is 10.3 Å². The molecule has 1 aliphatic rings. The van der Waals surface area contributed by atoms with Crippen LogP contribution in [0.5, 0.6) is 0 Å². The molecule has 0 radical (unpaired) electrons. The molecule has 0 aliphatic carbocycles. The minimum atomic E-state index is -0.441. The number of nitrogens with zero attached hydrogens (tertiary/aromatic N) is 2. The Morgan fingerprint density at radius 1 is 1.19 bits per heavy atom. The summed E-state index contributed by atoms with van der Waals surface area (Å²) in [6.45, 7) is -0.294. The highest BCUT2D eigenvalue weighted by Crippen LogP contribution is 2.26. The largest absolute Gasteiger partial charge is 0.436 e. The fourth-order valence-electron chi connectivity index (χ4n) is 2.60. The van der Waals surface area contributed by atoms with Crippen LogP contribution in [0.15, 0.2) is 52.9 Å². The molecule has 0 atom stereocenters. The number of aromatic nitrogens is 1. The van der Waals surface area contributed by atoms with Gasteiger partial charge in [0.1, 0.15) is 12.1 Å². The summed E-state index contributed by atoms with van der Waals surface area (Å²) >= 11 is 0.900. The molecular weight excluding hydrogens is 354 g/mol. The molecule has 0 spiro atoms. The molecular formula is C18H13N3O4S. The van der Waals surface area contributed by atoms with E-state index in [1.54, 1.807) is 18.2 Å². The van der Waals surface area contributed by atoms with Gasteiger partial charge in [0.15, 0.2) is 5.58 Å². The van der Waals surface area contributed by atoms with Crippen molar-refractivity contribution in [2.24, 2.45) is 0 Å². The molecule has 1 N–H and O–H groups in total. The second kappa shape index (κ2) is 6.64. The zero-order valence-corrected chi connectivity index (χ0v) is 14.3. The molecule has 26 heavy (non-hydrogen) atoms. The fraction of sp³-hybridized carbons (Fsp3) is 0.111. The molecule has 1 fully saturated rings. The van der Waals surface area contributed by atoms with E-state index >= 15 is 0 Å². The predicted molar refractivity (Wildman–Crippen MR) is 97.6 cm³/mol. The second-order valence-electron chi connectivity index (χ2n) is 5.65. The Hall–Kier alpha value is -3.13. The van der Waals surface area contributed by atoms with Gasteiger partial charge in [-0.2, -0.15) is 0 Å². The van der Waals surface area contributed by atoms with Crippen LogP contribution in [0.1, 0.15) is 0 Å². The molecule has 1 aliphatic heterocycles. The van der Waals surface area contributed by atoms with E-state index in [0.29, 0.717) is 22.7 Å². The van der Waals surface area contributed by atoms with E-state index in [1.165, 1.54) is 0 Å². The third-order valence-corrected chi connectivity index (χ3v) is 4.69. The molecule has 0 unspecified atom stereocenters. The summed E-state index contributed by atoms with van der Waals surface area (Å²) in [5.41, 5.74) is 2.67. The van der Waals surface area contributed by atoms with Crippen LogP contribution in [-0.2, 0) is 9.59 Å². The highest BCUT2D eigenvalue weighted by Gasteiger charge is 2.31. The van der Waals surface area contributed by atoms with Crippen molar-refractivity contribution in [2.75, 3.05) is 17.6 Å². The van der Waals surface area contributed by atoms with Crippen molar-refractivity contribution in [1.29, 1.82) is 0 Å². The second-order valence-corrected chi connectivity index (χ2v) is 6.58. The first-order chi connectivity index (χ1) is 12.6. The summed E-state index contributed by atoms with van der Waals surface area (Å²) in [6.07, 6.45) is 0. The van der Waals surface area contributed by atoms with Crippen LogP contribution < -0.4 is 5.32 Å². The number of para-hydroxylation sites is 2. The number of amides is 3. The number of carbonyl (C=O) groups excluding carboxylic acids is 3. The number of fused-ring (bicyclic) bond motifs is 1. The molecule has 3 amide bonds. The maximum atomic E-state index is 12.1. The zero-order valence-electron chi connectivity index (χ0n) is 13.5. The molecule has 7 nitrogen and oxygen atoms in total. The standard InChI is InChI=1S/C18H13N3O4S/c22-15(9-21-16(23)10-26-18(21)24)19-12-5-3-4-11(8-12)17-20-13-6-1-2-7-14(13)25-17/h1-8H,9-10H2,(H,19,22). The van der Waals surface area contributed by atoms with Crippen LogP contribution >= 0.6 is 11.8 Å². The number of rotatable bonds is 4. The monoisotopic (exact) mass is 367 g/mol. The van der Waals surface area contributed by atoms with Gasteiger partial charge in [0, 0.05) is 11.3 Å². The van der Waals surface area contributed by atoms with Crippen molar-refractivity contribution in [3.8, 4) is 11.5 Å². The SMILES string of the molecule is O=C(CN1C(=O)CSC1=O)Nc1cccc(-c2nc3ccccc3o2)c1. The lowest BCUT2D eigenvalue weighted by atomic mass is 10.2. The van der Waals surface area contributed by atoms with Crippen LogP contribution in [0.2, 0.25) is 0 Å². The number of oxazole rings is 1. The first-order valence-corrected chi connectivity index (χ1v) is 8.82. The van der Waals surface area contributed by atoms with E-state index in [-0.39, 0.29) is 18.2 Å². The number of benzene rings is 2. The Labute approximate surface area is 152 Å². The van der Waals surface area contributed by atoms with Crippen molar-refractivity contribution in [3.63, 3.8) is 0 Å². The average molecular weight is 367 g/mol. The van der Waals surface area contributed by atoms with E-state index in [9.17, 15) is 14.4 Å². The third-order valence-electron chi connectivity index (χ3n) is 3.83. The molecule has 1 saturated heterocycles. The lowest BCUT2D eigenvalue weighted by Gasteiger charge is -2.12. The van der Waals surface area contributed by atoms with Gasteiger partial charge in [0.25, 0.3) is 5.24 Å². The van der Waals surface area contributed by atoms with Crippen molar-refractivity contribution >= 4 is 45.6 Å². The number of thioether (sulfide) groups is 1. The molecule has 2 aromatic carbocycles. The molecule has 4 rings (SSSR count). The van der Waals surface area contributed by atoms with Gasteiger partial charge in [-0.15, -0.1) is 0 Å². The van der Waals surface area contributed by atoms with Crippen LogP contribution in [0.25, 0.3) is 22.6 Å². The Balaban J connectivity index is 1.51. The summed E-state index contributed by atoms with van der Waals surface area (Å²) in [7, 11) is 0. The van der Waals surface area contributed by atoms with E-state index < -0.39 is 11.1 Å². The topological polar surface area (TPSA) is 92.5 Å². The van der Waals surface area contributed by atoms with Crippen LogP contribution in [0.3, 0.4) is 0 Å². The number of hydrogen-bond donors (Lipinski definition) is 1. The van der Waals surface area contributed by atoms with Gasteiger partial charge < -0.3 is 9.73 Å². The van der Waals surface area contributed by atoms with Gasteiger partial charge in [-0.25, -0.2) is 4.98 Å². The summed E-state index contributed by atoms with van der Waals surface area (Å²) < 4.78 is 5.73. The lowest BCUT2D eigenvalue weighted by molar-refractivity contribution is -0.128. The maximum absolute atomic E-state index is 12.1. The van der Waals surface area contributed by atoms with Crippen LogP contribution in [0.4, 0.5) is 10.5 Å². The first kappa shape index (κ1) is 16.3. The molecule has 2 heterocycles. The summed E-state index contributed by atoms with van der Waals surface area (Å²) in [4.78, 5) is 40.7.